The lowest BCUT2D eigenvalue weighted by Gasteiger charge is -2.08. The predicted octanol–water partition coefficient (Wildman–Crippen LogP) is 3.32. The summed E-state index contributed by atoms with van der Waals surface area (Å²) in [6.45, 7) is 0. The van der Waals surface area contributed by atoms with Gasteiger partial charge in [-0.25, -0.2) is 0 Å². The number of carbonyl (C=O) groups excluding carboxylic acids is 2. The van der Waals surface area contributed by atoms with Crippen LogP contribution in [0, 0.1) is 23.2 Å². The standard InChI is InChI=1S/C21H16N4O2/c22-12-13-6-8-15(9-7-13)24-20(26)16-11-17(16)21(27)25-18-5-1-3-14-4-2-10-23-19(14)18/h1-10,16-17H,11H2,(H,24,26)(H,25,27). The number of aromatic nitrogens is 1. The Kier molecular flexibility index (Phi) is 4.27. The highest BCUT2D eigenvalue weighted by Crippen LogP contribution is 2.40. The summed E-state index contributed by atoms with van der Waals surface area (Å²) >= 11 is 0. The first-order valence-corrected chi connectivity index (χ1v) is 8.61. The summed E-state index contributed by atoms with van der Waals surface area (Å²) in [4.78, 5) is 29.2. The molecule has 0 aliphatic heterocycles. The molecule has 1 heterocycles. The van der Waals surface area contributed by atoms with E-state index in [9.17, 15) is 9.59 Å². The van der Waals surface area contributed by atoms with Gasteiger partial charge in [0.15, 0.2) is 0 Å². The maximum absolute atomic E-state index is 12.5. The van der Waals surface area contributed by atoms with Gasteiger partial charge in [-0.15, -0.1) is 0 Å². The molecular weight excluding hydrogens is 340 g/mol. The van der Waals surface area contributed by atoms with Gasteiger partial charge < -0.3 is 10.6 Å². The molecule has 1 aromatic heterocycles. The largest absolute Gasteiger partial charge is 0.326 e. The predicted molar refractivity (Wildman–Crippen MR) is 102 cm³/mol. The van der Waals surface area contributed by atoms with E-state index in [2.05, 4.69) is 15.6 Å². The Morgan fingerprint density at radius 1 is 0.963 bits per heavy atom. The number of hydrogen-bond acceptors (Lipinski definition) is 4. The molecule has 1 fully saturated rings. The maximum Gasteiger partial charge on any atom is 0.228 e. The number of amides is 2. The molecule has 4 rings (SSSR count). The van der Waals surface area contributed by atoms with Crippen LogP contribution in [0.25, 0.3) is 10.9 Å². The smallest absolute Gasteiger partial charge is 0.228 e. The Balaban J connectivity index is 1.39. The number of benzene rings is 2. The molecule has 0 radical (unpaired) electrons. The van der Waals surface area contributed by atoms with Gasteiger partial charge in [0.1, 0.15) is 0 Å². The van der Waals surface area contributed by atoms with Crippen molar-refractivity contribution in [2.75, 3.05) is 10.6 Å². The summed E-state index contributed by atoms with van der Waals surface area (Å²) in [6, 6.07) is 18.0. The zero-order valence-corrected chi connectivity index (χ0v) is 14.3. The lowest BCUT2D eigenvalue weighted by Crippen LogP contribution is -2.20. The molecule has 0 spiro atoms. The Morgan fingerprint density at radius 3 is 2.41 bits per heavy atom. The van der Waals surface area contributed by atoms with Crippen molar-refractivity contribution in [1.29, 1.82) is 5.26 Å². The van der Waals surface area contributed by atoms with Gasteiger partial charge in [-0.2, -0.15) is 5.26 Å². The van der Waals surface area contributed by atoms with E-state index in [1.54, 1.807) is 36.5 Å². The number of anilines is 2. The molecule has 2 amide bonds. The summed E-state index contributed by atoms with van der Waals surface area (Å²) in [5.74, 6) is -1.05. The molecule has 1 aliphatic rings. The fourth-order valence-corrected chi connectivity index (χ4v) is 3.07. The summed E-state index contributed by atoms with van der Waals surface area (Å²) in [5, 5.41) is 15.4. The lowest BCUT2D eigenvalue weighted by molar-refractivity contribution is -0.122. The summed E-state index contributed by atoms with van der Waals surface area (Å²) in [6.07, 6.45) is 2.20. The topological polar surface area (TPSA) is 94.9 Å². The summed E-state index contributed by atoms with van der Waals surface area (Å²) in [5.41, 5.74) is 2.52. The van der Waals surface area contributed by atoms with Gasteiger partial charge in [0.05, 0.1) is 34.7 Å². The molecule has 1 saturated carbocycles. The average molecular weight is 356 g/mol. The quantitative estimate of drug-likeness (QED) is 0.750. The minimum Gasteiger partial charge on any atom is -0.326 e. The SMILES string of the molecule is N#Cc1ccc(NC(=O)C2CC2C(=O)Nc2cccc3cccnc23)cc1. The van der Waals surface area contributed by atoms with Gasteiger partial charge in [-0.1, -0.05) is 18.2 Å². The molecule has 2 atom stereocenters. The molecule has 1 aliphatic carbocycles. The number of hydrogen-bond donors (Lipinski definition) is 2. The van der Waals surface area contributed by atoms with Crippen molar-refractivity contribution in [3.8, 4) is 6.07 Å². The zero-order valence-electron chi connectivity index (χ0n) is 14.3. The Labute approximate surface area is 155 Å². The van der Waals surface area contributed by atoms with E-state index >= 15 is 0 Å². The molecule has 27 heavy (non-hydrogen) atoms. The van der Waals surface area contributed by atoms with Gasteiger partial charge in [0.25, 0.3) is 0 Å². The molecule has 2 unspecified atom stereocenters. The number of fused-ring (bicyclic) bond motifs is 1. The van der Waals surface area contributed by atoms with Crippen LogP contribution >= 0.6 is 0 Å². The van der Waals surface area contributed by atoms with Gasteiger partial charge in [-0.05, 0) is 42.8 Å². The first-order valence-electron chi connectivity index (χ1n) is 8.61. The first-order chi connectivity index (χ1) is 13.2. The summed E-state index contributed by atoms with van der Waals surface area (Å²) < 4.78 is 0. The highest BCUT2D eigenvalue weighted by atomic mass is 16.2. The molecule has 3 aromatic rings. The number of pyridine rings is 1. The Hall–Kier alpha value is -3.72. The van der Waals surface area contributed by atoms with Gasteiger partial charge in [0.2, 0.25) is 11.8 Å². The molecule has 0 saturated heterocycles. The second kappa shape index (κ2) is 6.89. The van der Waals surface area contributed by atoms with Crippen LogP contribution in [0.4, 0.5) is 11.4 Å². The minimum atomic E-state index is -0.345. The van der Waals surface area contributed by atoms with Crippen molar-refractivity contribution in [3.63, 3.8) is 0 Å². The van der Waals surface area contributed by atoms with Crippen molar-refractivity contribution in [3.05, 3.63) is 66.4 Å². The third-order valence-electron chi connectivity index (χ3n) is 4.64. The van der Waals surface area contributed by atoms with E-state index < -0.39 is 0 Å². The number of nitrogens with one attached hydrogen (secondary N) is 2. The zero-order chi connectivity index (χ0) is 18.8. The second-order valence-corrected chi connectivity index (χ2v) is 6.50. The lowest BCUT2D eigenvalue weighted by atomic mass is 10.2. The van der Waals surface area contributed by atoms with Crippen molar-refractivity contribution < 1.29 is 9.59 Å². The second-order valence-electron chi connectivity index (χ2n) is 6.50. The van der Waals surface area contributed by atoms with Crippen molar-refractivity contribution in [2.45, 2.75) is 6.42 Å². The number of para-hydroxylation sites is 1. The number of carbonyl (C=O) groups is 2. The van der Waals surface area contributed by atoms with E-state index in [1.165, 1.54) is 0 Å². The molecular formula is C21H16N4O2. The Morgan fingerprint density at radius 2 is 1.67 bits per heavy atom. The van der Waals surface area contributed by atoms with Crippen molar-refractivity contribution in [1.82, 2.24) is 4.98 Å². The Bertz CT molecular complexity index is 1060. The van der Waals surface area contributed by atoms with Gasteiger partial charge in [-0.3, -0.25) is 14.6 Å². The normalized spacial score (nSPS) is 17.7. The van der Waals surface area contributed by atoms with Crippen molar-refractivity contribution >= 4 is 34.1 Å². The minimum absolute atomic E-state index is 0.173. The van der Waals surface area contributed by atoms with Crippen LogP contribution in [0.2, 0.25) is 0 Å². The van der Waals surface area contributed by atoms with E-state index in [-0.39, 0.29) is 23.7 Å². The maximum atomic E-state index is 12.5. The highest BCUT2D eigenvalue weighted by molar-refractivity contribution is 6.06. The van der Waals surface area contributed by atoms with Crippen LogP contribution in [-0.2, 0) is 9.59 Å². The van der Waals surface area contributed by atoms with Crippen LogP contribution in [0.5, 0.6) is 0 Å². The highest BCUT2D eigenvalue weighted by Gasteiger charge is 2.48. The van der Waals surface area contributed by atoms with E-state index in [4.69, 9.17) is 5.26 Å². The van der Waals surface area contributed by atoms with E-state index in [0.717, 1.165) is 10.9 Å². The first kappa shape index (κ1) is 16.7. The van der Waals surface area contributed by atoms with Crippen LogP contribution in [0.3, 0.4) is 0 Å². The summed E-state index contributed by atoms with van der Waals surface area (Å²) in [7, 11) is 0. The third-order valence-corrected chi connectivity index (χ3v) is 4.64. The van der Waals surface area contributed by atoms with Crippen LogP contribution in [0.15, 0.2) is 60.8 Å². The van der Waals surface area contributed by atoms with Crippen LogP contribution < -0.4 is 10.6 Å². The number of nitrogens with zero attached hydrogens (tertiary/aromatic N) is 2. The van der Waals surface area contributed by atoms with Gasteiger partial charge in [0, 0.05) is 17.3 Å². The molecule has 6 nitrogen and oxygen atoms in total. The molecule has 0 bridgehead atoms. The monoisotopic (exact) mass is 356 g/mol. The fourth-order valence-electron chi connectivity index (χ4n) is 3.07. The average Bonchev–Trinajstić information content (AvgIpc) is 3.50. The van der Waals surface area contributed by atoms with Crippen LogP contribution in [-0.4, -0.2) is 16.8 Å². The third kappa shape index (κ3) is 3.48. The van der Waals surface area contributed by atoms with Gasteiger partial charge >= 0.3 is 0 Å². The van der Waals surface area contributed by atoms with Crippen molar-refractivity contribution in [2.24, 2.45) is 11.8 Å². The van der Waals surface area contributed by atoms with E-state index in [0.29, 0.717) is 23.4 Å². The molecule has 132 valence electrons. The van der Waals surface area contributed by atoms with E-state index in [1.807, 2.05) is 30.3 Å². The fraction of sp³-hybridized carbons (Fsp3) is 0.143. The molecule has 2 N–H and O–H groups in total. The number of nitriles is 1. The molecule has 6 heteroatoms. The molecule has 2 aromatic carbocycles. The number of rotatable bonds is 4. The van der Waals surface area contributed by atoms with Crippen LogP contribution in [0.1, 0.15) is 12.0 Å².